The molecule has 2 aromatic heterocycles. The Morgan fingerprint density at radius 3 is 2.83 bits per heavy atom. The van der Waals surface area contributed by atoms with Gasteiger partial charge in [-0.15, -0.1) is 0 Å². The molecule has 2 fully saturated rings. The summed E-state index contributed by atoms with van der Waals surface area (Å²) in [7, 11) is 0. The third-order valence-corrected chi connectivity index (χ3v) is 4.26. The lowest BCUT2D eigenvalue weighted by molar-refractivity contribution is -0.195. The van der Waals surface area contributed by atoms with Gasteiger partial charge in [0.25, 0.3) is 5.78 Å². The summed E-state index contributed by atoms with van der Waals surface area (Å²) < 4.78 is 19.0. The number of ether oxygens (including phenoxy) is 3. The highest BCUT2D eigenvalue weighted by Crippen LogP contribution is 2.44. The van der Waals surface area contributed by atoms with Gasteiger partial charge in [-0.1, -0.05) is 11.6 Å². The Balaban J connectivity index is 1.78. The fourth-order valence-electron chi connectivity index (χ4n) is 3.09. The molecule has 0 N–H and O–H groups in total. The van der Waals surface area contributed by atoms with E-state index in [-0.39, 0.29) is 5.15 Å². The molecule has 124 valence electrons. The zero-order chi connectivity index (χ0) is 17.1. The summed E-state index contributed by atoms with van der Waals surface area (Å²) in [4.78, 5) is 24.1. The molecule has 2 saturated heterocycles. The number of hydrogen-bond acceptors (Lipinski definition) is 8. The highest BCUT2D eigenvalue weighted by atomic mass is 35.5. The fraction of sp³-hybridized carbons (Fsp3) is 0.500. The number of halogens is 1. The van der Waals surface area contributed by atoms with Crippen LogP contribution in [-0.4, -0.2) is 49.4 Å². The van der Waals surface area contributed by atoms with Gasteiger partial charge in [0.1, 0.15) is 30.1 Å². The Hall–Kier alpha value is -2.12. The molecule has 4 heterocycles. The van der Waals surface area contributed by atoms with Crippen LogP contribution in [0, 0.1) is 11.3 Å². The van der Waals surface area contributed by atoms with Gasteiger partial charge in [0.05, 0.1) is 6.33 Å². The number of carbonyl (C=O) groups is 1. The number of Topliss-reactive ketones (excluding diaryl/α,β-unsaturated/α-hetero) is 1. The minimum atomic E-state index is -1.04. The zero-order valence-corrected chi connectivity index (χ0v) is 13.5. The molecule has 2 aliphatic heterocycles. The molecule has 4 rings (SSSR count). The summed E-state index contributed by atoms with van der Waals surface area (Å²) >= 11 is 6.01. The van der Waals surface area contributed by atoms with E-state index in [0.29, 0.717) is 11.2 Å². The summed E-state index contributed by atoms with van der Waals surface area (Å²) in [6.07, 6.45) is -0.249. The molecule has 0 spiro atoms. The molecule has 4 atom stereocenters. The SMILES string of the molecule is CC1(C)OC2[C@@H](O1)[C@@H](C(=O)C#N)O[C@H]2n1cnc2c(Cl)ncnc21. The largest absolute Gasteiger partial charge is 0.341 e. The van der Waals surface area contributed by atoms with Crippen molar-refractivity contribution in [1.29, 1.82) is 5.26 Å². The average molecular weight is 350 g/mol. The Morgan fingerprint density at radius 1 is 1.33 bits per heavy atom. The van der Waals surface area contributed by atoms with E-state index < -0.39 is 36.1 Å². The number of ketones is 1. The number of imidazole rings is 1. The Labute approximate surface area is 141 Å². The van der Waals surface area contributed by atoms with Crippen LogP contribution in [0.3, 0.4) is 0 Å². The summed E-state index contributed by atoms with van der Waals surface area (Å²) in [5, 5.41) is 9.15. The van der Waals surface area contributed by atoms with Crippen molar-refractivity contribution in [3.05, 3.63) is 17.8 Å². The fourth-order valence-corrected chi connectivity index (χ4v) is 3.26. The van der Waals surface area contributed by atoms with Crippen molar-refractivity contribution in [2.75, 3.05) is 0 Å². The molecule has 24 heavy (non-hydrogen) atoms. The highest BCUT2D eigenvalue weighted by Gasteiger charge is 2.58. The van der Waals surface area contributed by atoms with Gasteiger partial charge in [-0.05, 0) is 13.8 Å². The van der Waals surface area contributed by atoms with E-state index in [1.54, 1.807) is 24.5 Å². The van der Waals surface area contributed by atoms with Crippen LogP contribution in [0.4, 0.5) is 0 Å². The molecule has 1 unspecified atom stereocenters. The van der Waals surface area contributed by atoms with E-state index in [9.17, 15) is 4.79 Å². The van der Waals surface area contributed by atoms with E-state index in [2.05, 4.69) is 15.0 Å². The average Bonchev–Trinajstić information content (AvgIpc) is 3.18. The number of rotatable bonds is 2. The summed E-state index contributed by atoms with van der Waals surface area (Å²) in [5.74, 6) is -1.61. The molecular weight excluding hydrogens is 338 g/mol. The Morgan fingerprint density at radius 2 is 2.08 bits per heavy atom. The minimum absolute atomic E-state index is 0.210. The molecule has 10 heteroatoms. The lowest BCUT2D eigenvalue weighted by Gasteiger charge is -2.23. The normalized spacial score (nSPS) is 31.1. The van der Waals surface area contributed by atoms with E-state index in [0.717, 1.165) is 0 Å². The summed E-state index contributed by atoms with van der Waals surface area (Å²) in [6.45, 7) is 3.47. The van der Waals surface area contributed by atoms with Gasteiger partial charge >= 0.3 is 0 Å². The van der Waals surface area contributed by atoms with Crippen molar-refractivity contribution >= 4 is 28.5 Å². The lowest BCUT2D eigenvalue weighted by Crippen LogP contribution is -2.34. The first-order valence-corrected chi connectivity index (χ1v) is 7.57. The standard InChI is InChI=1S/C14H12ClN5O4/c1-14(2)23-9-8(6(21)3-16)22-13(10(9)24-14)20-5-19-7-11(15)17-4-18-12(7)20/h4-5,8-10,13H,1-2H3/t8-,9+,10?,13-/m1/s1. The van der Waals surface area contributed by atoms with Crippen molar-refractivity contribution < 1.29 is 19.0 Å². The predicted octanol–water partition coefficient (Wildman–Crippen LogP) is 0.990. The number of nitriles is 1. The van der Waals surface area contributed by atoms with Crippen molar-refractivity contribution in [2.45, 2.75) is 44.2 Å². The first-order chi connectivity index (χ1) is 11.4. The van der Waals surface area contributed by atoms with Crippen LogP contribution in [-0.2, 0) is 19.0 Å². The molecule has 0 radical (unpaired) electrons. The van der Waals surface area contributed by atoms with Gasteiger partial charge in [-0.25, -0.2) is 15.0 Å². The molecule has 2 aliphatic rings. The zero-order valence-electron chi connectivity index (χ0n) is 12.7. The second kappa shape index (κ2) is 5.19. The van der Waals surface area contributed by atoms with E-state index in [1.165, 1.54) is 12.7 Å². The lowest BCUT2D eigenvalue weighted by atomic mass is 10.1. The van der Waals surface area contributed by atoms with Crippen molar-refractivity contribution in [3.63, 3.8) is 0 Å². The molecule has 0 aliphatic carbocycles. The second-order valence-electron chi connectivity index (χ2n) is 5.98. The molecule has 0 saturated carbocycles. The van der Waals surface area contributed by atoms with Gasteiger partial charge in [-0.2, -0.15) is 5.26 Å². The van der Waals surface area contributed by atoms with Crippen LogP contribution < -0.4 is 0 Å². The van der Waals surface area contributed by atoms with E-state index in [1.807, 2.05) is 0 Å². The topological polar surface area (TPSA) is 112 Å². The predicted molar refractivity (Wildman–Crippen MR) is 78.7 cm³/mol. The minimum Gasteiger partial charge on any atom is -0.341 e. The number of carbonyl (C=O) groups excluding carboxylic acids is 1. The van der Waals surface area contributed by atoms with Gasteiger partial charge in [0.2, 0.25) is 0 Å². The van der Waals surface area contributed by atoms with Gasteiger partial charge < -0.3 is 14.2 Å². The first-order valence-electron chi connectivity index (χ1n) is 7.19. The van der Waals surface area contributed by atoms with Crippen molar-refractivity contribution in [3.8, 4) is 6.07 Å². The van der Waals surface area contributed by atoms with Crippen LogP contribution in [0.1, 0.15) is 20.1 Å². The number of nitrogens with zero attached hydrogens (tertiary/aromatic N) is 5. The highest BCUT2D eigenvalue weighted by molar-refractivity contribution is 6.33. The van der Waals surface area contributed by atoms with Crippen LogP contribution in [0.2, 0.25) is 5.15 Å². The van der Waals surface area contributed by atoms with Crippen molar-refractivity contribution in [2.24, 2.45) is 0 Å². The number of fused-ring (bicyclic) bond motifs is 2. The van der Waals surface area contributed by atoms with Crippen LogP contribution in [0.5, 0.6) is 0 Å². The number of aromatic nitrogens is 4. The third-order valence-electron chi connectivity index (χ3n) is 3.99. The summed E-state index contributed by atoms with van der Waals surface area (Å²) in [5.41, 5.74) is 0.852. The molecule has 0 bridgehead atoms. The Kier molecular flexibility index (Phi) is 3.33. The maximum absolute atomic E-state index is 11.9. The van der Waals surface area contributed by atoms with Crippen LogP contribution in [0.25, 0.3) is 11.2 Å². The quantitative estimate of drug-likeness (QED) is 0.582. The van der Waals surface area contributed by atoms with Crippen molar-refractivity contribution in [1.82, 2.24) is 19.5 Å². The first kappa shape index (κ1) is 15.4. The monoisotopic (exact) mass is 349 g/mol. The van der Waals surface area contributed by atoms with E-state index >= 15 is 0 Å². The molecular formula is C14H12ClN5O4. The second-order valence-corrected chi connectivity index (χ2v) is 6.33. The third kappa shape index (κ3) is 2.19. The maximum Gasteiger partial charge on any atom is 0.263 e. The van der Waals surface area contributed by atoms with Gasteiger partial charge in [0, 0.05) is 0 Å². The molecule has 2 aromatic rings. The summed E-state index contributed by atoms with van der Waals surface area (Å²) in [6, 6.07) is 1.59. The molecule has 0 amide bonds. The maximum atomic E-state index is 11.9. The molecule has 9 nitrogen and oxygen atoms in total. The van der Waals surface area contributed by atoms with Crippen LogP contribution in [0.15, 0.2) is 12.7 Å². The molecule has 0 aromatic carbocycles. The smallest absolute Gasteiger partial charge is 0.263 e. The van der Waals surface area contributed by atoms with Crippen LogP contribution >= 0.6 is 11.6 Å². The Bertz CT molecular complexity index is 876. The van der Waals surface area contributed by atoms with Gasteiger partial charge in [-0.3, -0.25) is 9.36 Å². The van der Waals surface area contributed by atoms with E-state index in [4.69, 9.17) is 31.1 Å². The number of hydrogen-bond donors (Lipinski definition) is 0. The van der Waals surface area contributed by atoms with Gasteiger partial charge in [0.15, 0.2) is 28.9 Å².